The number of hydrogen-bond donors (Lipinski definition) is 3. The SMILES string of the molecule is CCS(=O)(=O)c1cc([N+](=O)[O-])c(C(=O)N(C)CCO)cc1N(CCCS(=O)(=O)O)CCCS(=O)(=O)O. The predicted octanol–water partition coefficient (Wildman–Crippen LogP) is -0.185. The molecular formula is C18H29N3O12S3. The average Bonchev–Trinajstić information content (AvgIpc) is 2.75. The van der Waals surface area contributed by atoms with Crippen LogP contribution in [0.15, 0.2) is 17.0 Å². The number of nitro benzene ring substituents is 1. The molecule has 0 saturated carbocycles. The summed E-state index contributed by atoms with van der Waals surface area (Å²) < 4.78 is 88.3. The number of sulfone groups is 1. The van der Waals surface area contributed by atoms with E-state index in [1.165, 1.54) is 18.9 Å². The molecule has 0 atom stereocenters. The van der Waals surface area contributed by atoms with Gasteiger partial charge in [-0.2, -0.15) is 16.8 Å². The molecule has 0 spiro atoms. The maximum atomic E-state index is 12.9. The van der Waals surface area contributed by atoms with Crippen molar-refractivity contribution in [3.63, 3.8) is 0 Å². The second-order valence-corrected chi connectivity index (χ2v) is 13.1. The van der Waals surface area contributed by atoms with Crippen LogP contribution in [0, 0.1) is 10.1 Å². The Morgan fingerprint density at radius 2 is 1.47 bits per heavy atom. The number of nitro groups is 1. The lowest BCUT2D eigenvalue weighted by Crippen LogP contribution is -2.32. The molecule has 0 aliphatic heterocycles. The van der Waals surface area contributed by atoms with Crippen molar-refractivity contribution in [1.29, 1.82) is 0 Å². The van der Waals surface area contributed by atoms with Gasteiger partial charge in [0.2, 0.25) is 0 Å². The van der Waals surface area contributed by atoms with Crippen molar-refractivity contribution in [3.05, 3.63) is 27.8 Å². The van der Waals surface area contributed by atoms with E-state index in [1.54, 1.807) is 0 Å². The number of amides is 1. The van der Waals surface area contributed by atoms with Crippen molar-refractivity contribution >= 4 is 47.4 Å². The fourth-order valence-electron chi connectivity index (χ4n) is 3.22. The zero-order valence-electron chi connectivity index (χ0n) is 19.6. The fourth-order valence-corrected chi connectivity index (χ4v) is 5.31. The molecular weight excluding hydrogens is 546 g/mol. The Morgan fingerprint density at radius 3 is 1.86 bits per heavy atom. The van der Waals surface area contributed by atoms with E-state index in [0.29, 0.717) is 6.07 Å². The number of hydrogen-bond acceptors (Lipinski definition) is 11. The summed E-state index contributed by atoms with van der Waals surface area (Å²) in [5.74, 6) is -2.85. The minimum absolute atomic E-state index is 0.188. The molecule has 1 aromatic carbocycles. The third-order valence-electron chi connectivity index (χ3n) is 5.00. The maximum Gasteiger partial charge on any atom is 0.283 e. The van der Waals surface area contributed by atoms with Gasteiger partial charge in [-0.3, -0.25) is 24.0 Å². The lowest BCUT2D eigenvalue weighted by atomic mass is 10.1. The van der Waals surface area contributed by atoms with Crippen LogP contribution in [0.5, 0.6) is 0 Å². The van der Waals surface area contributed by atoms with E-state index in [0.717, 1.165) is 11.0 Å². The summed E-state index contributed by atoms with van der Waals surface area (Å²) in [6.45, 7) is 0.125. The highest BCUT2D eigenvalue weighted by Crippen LogP contribution is 2.34. The van der Waals surface area contributed by atoms with Crippen molar-refractivity contribution in [1.82, 2.24) is 4.90 Å². The van der Waals surface area contributed by atoms with Gasteiger partial charge in [-0.15, -0.1) is 0 Å². The highest BCUT2D eigenvalue weighted by atomic mass is 32.2. The van der Waals surface area contributed by atoms with E-state index in [9.17, 15) is 40.2 Å². The molecule has 206 valence electrons. The van der Waals surface area contributed by atoms with Crippen LogP contribution in [-0.4, -0.2) is 106 Å². The second kappa shape index (κ2) is 12.7. The van der Waals surface area contributed by atoms with Gasteiger partial charge in [0.05, 0.1) is 39.4 Å². The first-order chi connectivity index (χ1) is 16.4. The molecule has 0 aromatic heterocycles. The number of aliphatic hydroxyl groups is 1. The summed E-state index contributed by atoms with van der Waals surface area (Å²) in [6, 6.07) is 1.64. The monoisotopic (exact) mass is 575 g/mol. The van der Waals surface area contributed by atoms with Crippen LogP contribution in [0.4, 0.5) is 11.4 Å². The third-order valence-corrected chi connectivity index (χ3v) is 8.37. The topological polar surface area (TPSA) is 230 Å². The highest BCUT2D eigenvalue weighted by Gasteiger charge is 2.31. The molecule has 3 N–H and O–H groups in total. The number of nitrogens with zero attached hydrogens (tertiary/aromatic N) is 3. The molecule has 36 heavy (non-hydrogen) atoms. The number of anilines is 1. The first-order valence-corrected chi connectivity index (χ1v) is 15.4. The van der Waals surface area contributed by atoms with E-state index in [-0.39, 0.29) is 38.2 Å². The van der Waals surface area contributed by atoms with E-state index in [2.05, 4.69) is 0 Å². The molecule has 0 aliphatic carbocycles. The van der Waals surface area contributed by atoms with Crippen molar-refractivity contribution in [2.24, 2.45) is 0 Å². The quantitative estimate of drug-likeness (QED) is 0.140. The smallest absolute Gasteiger partial charge is 0.283 e. The van der Waals surface area contributed by atoms with E-state index in [4.69, 9.17) is 14.2 Å². The number of carbonyl (C=O) groups is 1. The zero-order valence-corrected chi connectivity index (χ0v) is 22.1. The highest BCUT2D eigenvalue weighted by molar-refractivity contribution is 7.91. The Balaban J connectivity index is 3.79. The van der Waals surface area contributed by atoms with E-state index >= 15 is 0 Å². The van der Waals surface area contributed by atoms with Gasteiger partial charge in [0, 0.05) is 32.7 Å². The Hall–Kier alpha value is -2.38. The van der Waals surface area contributed by atoms with Gasteiger partial charge in [-0.1, -0.05) is 6.92 Å². The number of benzene rings is 1. The molecule has 0 heterocycles. The van der Waals surface area contributed by atoms with Gasteiger partial charge in [0.15, 0.2) is 9.84 Å². The summed E-state index contributed by atoms with van der Waals surface area (Å²) in [7, 11) is -11.7. The Bertz CT molecular complexity index is 1240. The summed E-state index contributed by atoms with van der Waals surface area (Å²) in [5, 5.41) is 20.8. The van der Waals surface area contributed by atoms with E-state index in [1.807, 2.05) is 0 Å². The third kappa shape index (κ3) is 9.58. The lowest BCUT2D eigenvalue weighted by molar-refractivity contribution is -0.385. The van der Waals surface area contributed by atoms with E-state index < -0.39 is 80.9 Å². The van der Waals surface area contributed by atoms with Crippen molar-refractivity contribution in [2.45, 2.75) is 24.7 Å². The maximum absolute atomic E-state index is 12.9. The van der Waals surface area contributed by atoms with Crippen LogP contribution in [0.3, 0.4) is 0 Å². The number of likely N-dealkylation sites (N-methyl/N-ethyl adjacent to an activating group) is 1. The van der Waals surface area contributed by atoms with Crippen LogP contribution >= 0.6 is 0 Å². The first kappa shape index (κ1) is 31.6. The van der Waals surface area contributed by atoms with Crippen LogP contribution < -0.4 is 4.90 Å². The van der Waals surface area contributed by atoms with Gasteiger partial charge in [-0.05, 0) is 18.9 Å². The normalized spacial score (nSPS) is 12.4. The van der Waals surface area contributed by atoms with Gasteiger partial charge >= 0.3 is 0 Å². The summed E-state index contributed by atoms with van der Waals surface area (Å²) in [5.41, 5.74) is -1.57. The molecule has 1 aromatic rings. The van der Waals surface area contributed by atoms with Crippen LogP contribution in [-0.2, 0) is 30.1 Å². The second-order valence-electron chi connectivity index (χ2n) is 7.71. The molecule has 1 rings (SSSR count). The Labute approximate surface area is 209 Å². The zero-order chi connectivity index (χ0) is 27.9. The van der Waals surface area contributed by atoms with Crippen molar-refractivity contribution in [3.8, 4) is 0 Å². The number of carbonyl (C=O) groups excluding carboxylic acids is 1. The lowest BCUT2D eigenvalue weighted by Gasteiger charge is -2.28. The van der Waals surface area contributed by atoms with Crippen molar-refractivity contribution < 1.29 is 49.2 Å². The molecule has 0 saturated heterocycles. The van der Waals surface area contributed by atoms with Crippen molar-refractivity contribution in [2.75, 3.05) is 55.4 Å². The summed E-state index contributed by atoms with van der Waals surface area (Å²) >= 11 is 0. The van der Waals surface area contributed by atoms with Crippen LogP contribution in [0.25, 0.3) is 0 Å². The van der Waals surface area contributed by atoms with Gasteiger partial charge in [0.25, 0.3) is 31.8 Å². The molecule has 0 fully saturated rings. The fraction of sp³-hybridized carbons (Fsp3) is 0.611. The molecule has 1 amide bonds. The molecule has 0 aliphatic rings. The minimum Gasteiger partial charge on any atom is -0.395 e. The van der Waals surface area contributed by atoms with Gasteiger partial charge < -0.3 is 14.9 Å². The summed E-state index contributed by atoms with van der Waals surface area (Å²) in [6.07, 6.45) is -0.498. The van der Waals surface area contributed by atoms with Gasteiger partial charge in [-0.25, -0.2) is 8.42 Å². The Kier molecular flexibility index (Phi) is 11.2. The first-order valence-electron chi connectivity index (χ1n) is 10.5. The van der Waals surface area contributed by atoms with Crippen LogP contribution in [0.1, 0.15) is 30.1 Å². The number of aliphatic hydroxyl groups excluding tert-OH is 1. The molecule has 18 heteroatoms. The largest absolute Gasteiger partial charge is 0.395 e. The summed E-state index contributed by atoms with van der Waals surface area (Å²) in [4.78, 5) is 25.3. The minimum atomic E-state index is -4.40. The number of rotatable bonds is 15. The average molecular weight is 576 g/mol. The Morgan fingerprint density at radius 1 is 0.972 bits per heavy atom. The van der Waals surface area contributed by atoms with Crippen LogP contribution in [0.2, 0.25) is 0 Å². The molecule has 0 bridgehead atoms. The predicted molar refractivity (Wildman–Crippen MR) is 129 cm³/mol. The standard InChI is InChI=1S/C18H29N3O12S3/c1-3-34(26,27)17-13-15(21(24)25)14(18(23)19(2)8-9-22)12-16(17)20(6-4-10-35(28,29)30)7-5-11-36(31,32)33/h12-13,22H,3-11H2,1-2H3,(H,28,29,30)(H,31,32,33). The molecule has 0 radical (unpaired) electrons. The molecule has 0 unspecified atom stereocenters. The van der Waals surface area contributed by atoms with Gasteiger partial charge in [0.1, 0.15) is 5.56 Å². The molecule has 15 nitrogen and oxygen atoms in total.